The van der Waals surface area contributed by atoms with E-state index in [4.69, 9.17) is 4.74 Å². The van der Waals surface area contributed by atoms with E-state index in [1.165, 1.54) is 25.1 Å². The number of ether oxygens (including phenoxy) is 1. The van der Waals surface area contributed by atoms with Crippen LogP contribution in [0.5, 0.6) is 5.75 Å². The molecule has 6 heteroatoms. The number of amides is 3. The Morgan fingerprint density at radius 2 is 1.75 bits per heavy atom. The van der Waals surface area contributed by atoms with Crippen LogP contribution in [0, 0.1) is 5.82 Å². The van der Waals surface area contributed by atoms with Crippen LogP contribution in [0.4, 0.5) is 9.18 Å². The number of imide groups is 1. The van der Waals surface area contributed by atoms with Crippen LogP contribution in [0.1, 0.15) is 12.5 Å². The third-order valence-corrected chi connectivity index (χ3v) is 4.01. The lowest BCUT2D eigenvalue weighted by Crippen LogP contribution is -2.42. The van der Waals surface area contributed by atoms with Gasteiger partial charge < -0.3 is 10.1 Å². The van der Waals surface area contributed by atoms with Gasteiger partial charge in [-0.3, -0.25) is 9.69 Å². The summed E-state index contributed by atoms with van der Waals surface area (Å²) in [6.07, 6.45) is 0. The molecule has 0 saturated carbocycles. The Morgan fingerprint density at radius 3 is 2.46 bits per heavy atom. The van der Waals surface area contributed by atoms with Gasteiger partial charge in [0.05, 0.1) is 6.54 Å². The molecule has 2 aromatic carbocycles. The summed E-state index contributed by atoms with van der Waals surface area (Å²) in [6.45, 7) is 1.75. The minimum Gasteiger partial charge on any atom is -0.492 e. The molecule has 24 heavy (non-hydrogen) atoms. The Balaban J connectivity index is 1.71. The summed E-state index contributed by atoms with van der Waals surface area (Å²) in [6, 6.07) is 14.5. The van der Waals surface area contributed by atoms with Gasteiger partial charge in [0, 0.05) is 5.56 Å². The Hall–Kier alpha value is -2.89. The van der Waals surface area contributed by atoms with Gasteiger partial charge in [-0.15, -0.1) is 0 Å². The van der Waals surface area contributed by atoms with E-state index < -0.39 is 23.3 Å². The number of nitrogens with zero attached hydrogens (tertiary/aromatic N) is 1. The number of rotatable bonds is 5. The number of nitrogens with one attached hydrogen (secondary N) is 1. The molecule has 0 spiro atoms. The van der Waals surface area contributed by atoms with Crippen molar-refractivity contribution in [3.05, 3.63) is 66.0 Å². The van der Waals surface area contributed by atoms with E-state index in [-0.39, 0.29) is 18.7 Å². The lowest BCUT2D eigenvalue weighted by atomic mass is 9.91. The molecule has 0 radical (unpaired) electrons. The molecule has 3 amide bonds. The minimum absolute atomic E-state index is 0.0869. The zero-order valence-corrected chi connectivity index (χ0v) is 13.2. The highest BCUT2D eigenvalue weighted by atomic mass is 19.1. The van der Waals surface area contributed by atoms with E-state index in [1.54, 1.807) is 18.2 Å². The summed E-state index contributed by atoms with van der Waals surface area (Å²) in [4.78, 5) is 25.8. The quantitative estimate of drug-likeness (QED) is 0.859. The molecule has 1 aliphatic heterocycles. The summed E-state index contributed by atoms with van der Waals surface area (Å²) < 4.78 is 19.6. The minimum atomic E-state index is -1.41. The van der Waals surface area contributed by atoms with Gasteiger partial charge in [0.2, 0.25) is 0 Å². The van der Waals surface area contributed by atoms with Gasteiger partial charge >= 0.3 is 6.03 Å². The molecule has 1 atom stereocenters. The maximum Gasteiger partial charge on any atom is 0.325 e. The van der Waals surface area contributed by atoms with Gasteiger partial charge in [-0.25, -0.2) is 9.18 Å². The maximum atomic E-state index is 14.0. The average molecular weight is 328 g/mol. The first-order valence-corrected chi connectivity index (χ1v) is 7.59. The highest BCUT2D eigenvalue weighted by Crippen LogP contribution is 2.30. The monoisotopic (exact) mass is 328 g/mol. The fourth-order valence-electron chi connectivity index (χ4n) is 2.72. The summed E-state index contributed by atoms with van der Waals surface area (Å²) in [5.41, 5.74) is -1.26. The van der Waals surface area contributed by atoms with Gasteiger partial charge in [-0.05, 0) is 25.1 Å². The van der Waals surface area contributed by atoms with Crippen molar-refractivity contribution in [2.45, 2.75) is 12.5 Å². The number of para-hydroxylation sites is 1. The first-order chi connectivity index (χ1) is 11.5. The molecule has 0 bridgehead atoms. The van der Waals surface area contributed by atoms with Crippen molar-refractivity contribution in [1.82, 2.24) is 10.2 Å². The normalized spacial score (nSPS) is 20.2. The summed E-state index contributed by atoms with van der Waals surface area (Å²) in [5.74, 6) is -0.369. The predicted molar refractivity (Wildman–Crippen MR) is 85.9 cm³/mol. The number of benzene rings is 2. The molecule has 0 aliphatic carbocycles. The van der Waals surface area contributed by atoms with Crippen molar-refractivity contribution in [3.63, 3.8) is 0 Å². The van der Waals surface area contributed by atoms with Crippen LogP contribution >= 0.6 is 0 Å². The van der Waals surface area contributed by atoms with E-state index in [0.717, 1.165) is 4.90 Å². The van der Waals surface area contributed by atoms with Gasteiger partial charge in [0.15, 0.2) is 0 Å². The summed E-state index contributed by atoms with van der Waals surface area (Å²) >= 11 is 0. The first-order valence-electron chi connectivity index (χ1n) is 7.59. The number of carbonyl (C=O) groups excluding carboxylic acids is 2. The van der Waals surface area contributed by atoms with Crippen LogP contribution in [-0.4, -0.2) is 30.0 Å². The van der Waals surface area contributed by atoms with E-state index in [1.807, 2.05) is 18.2 Å². The molecule has 1 saturated heterocycles. The molecule has 1 aliphatic rings. The number of carbonyl (C=O) groups is 2. The molecular formula is C18H17FN2O3. The van der Waals surface area contributed by atoms with E-state index >= 15 is 0 Å². The number of halogens is 1. The third-order valence-electron chi connectivity index (χ3n) is 4.01. The molecule has 1 N–H and O–H groups in total. The van der Waals surface area contributed by atoms with E-state index in [2.05, 4.69) is 5.32 Å². The molecule has 0 aromatic heterocycles. The standard InChI is InChI=1S/C18H17FN2O3/c1-18(14-9-5-6-10-15(14)19)16(22)21(17(23)20-18)11-12-24-13-7-3-2-4-8-13/h2-10H,11-12H2,1H3,(H,20,23)/t18-/m1/s1. The van der Waals surface area contributed by atoms with Crippen LogP contribution in [0.3, 0.4) is 0 Å². The van der Waals surface area contributed by atoms with E-state index in [0.29, 0.717) is 5.75 Å². The smallest absolute Gasteiger partial charge is 0.325 e. The van der Waals surface area contributed by atoms with Crippen LogP contribution in [0.15, 0.2) is 54.6 Å². The first kappa shape index (κ1) is 16.0. The maximum absolute atomic E-state index is 14.0. The van der Waals surface area contributed by atoms with Crippen LogP contribution in [-0.2, 0) is 10.3 Å². The van der Waals surface area contributed by atoms with Gasteiger partial charge in [0.25, 0.3) is 5.91 Å². The van der Waals surface area contributed by atoms with Gasteiger partial charge in [-0.2, -0.15) is 0 Å². The topological polar surface area (TPSA) is 58.6 Å². The Labute approximate surface area is 139 Å². The van der Waals surface area contributed by atoms with Crippen LogP contribution in [0.25, 0.3) is 0 Å². The molecule has 1 heterocycles. The van der Waals surface area contributed by atoms with Crippen LogP contribution in [0.2, 0.25) is 0 Å². The molecule has 5 nitrogen and oxygen atoms in total. The molecular weight excluding hydrogens is 311 g/mol. The highest BCUT2D eigenvalue weighted by molar-refractivity contribution is 6.07. The second-order valence-corrected chi connectivity index (χ2v) is 5.65. The van der Waals surface area contributed by atoms with Crippen molar-refractivity contribution < 1.29 is 18.7 Å². The lowest BCUT2D eigenvalue weighted by Gasteiger charge is -2.22. The molecule has 124 valence electrons. The van der Waals surface area contributed by atoms with Gasteiger partial charge in [-0.1, -0.05) is 36.4 Å². The number of hydrogen-bond acceptors (Lipinski definition) is 3. The molecule has 1 fully saturated rings. The van der Waals surface area contributed by atoms with Crippen molar-refractivity contribution >= 4 is 11.9 Å². The number of urea groups is 1. The summed E-state index contributed by atoms with van der Waals surface area (Å²) in [7, 11) is 0. The third kappa shape index (κ3) is 2.82. The second kappa shape index (κ2) is 6.31. The highest BCUT2D eigenvalue weighted by Gasteiger charge is 2.49. The largest absolute Gasteiger partial charge is 0.492 e. The Bertz CT molecular complexity index is 766. The van der Waals surface area contributed by atoms with Gasteiger partial charge in [0.1, 0.15) is 23.7 Å². The summed E-state index contributed by atoms with van der Waals surface area (Å²) in [5, 5.41) is 2.58. The zero-order valence-electron chi connectivity index (χ0n) is 13.2. The fraction of sp³-hybridized carbons (Fsp3) is 0.222. The molecule has 3 rings (SSSR count). The lowest BCUT2D eigenvalue weighted by molar-refractivity contribution is -0.131. The Morgan fingerprint density at radius 1 is 1.08 bits per heavy atom. The van der Waals surface area contributed by atoms with Crippen molar-refractivity contribution in [2.75, 3.05) is 13.2 Å². The van der Waals surface area contributed by atoms with Crippen LogP contribution < -0.4 is 10.1 Å². The molecule has 2 aromatic rings. The fourth-order valence-corrected chi connectivity index (χ4v) is 2.72. The number of hydrogen-bond donors (Lipinski definition) is 1. The second-order valence-electron chi connectivity index (χ2n) is 5.65. The SMILES string of the molecule is C[C@]1(c2ccccc2F)NC(=O)N(CCOc2ccccc2)C1=O. The van der Waals surface area contributed by atoms with Crippen molar-refractivity contribution in [1.29, 1.82) is 0 Å². The Kier molecular flexibility index (Phi) is 4.20. The molecule has 0 unspecified atom stereocenters. The van der Waals surface area contributed by atoms with E-state index in [9.17, 15) is 14.0 Å². The zero-order chi connectivity index (χ0) is 17.2. The average Bonchev–Trinajstić information content (AvgIpc) is 2.80. The predicted octanol–water partition coefficient (Wildman–Crippen LogP) is 2.67. The van der Waals surface area contributed by atoms with Crippen molar-refractivity contribution in [2.24, 2.45) is 0 Å². The van der Waals surface area contributed by atoms with Crippen molar-refractivity contribution in [3.8, 4) is 5.75 Å².